The van der Waals surface area contributed by atoms with Gasteiger partial charge in [0.2, 0.25) is 5.91 Å². The molecule has 1 aromatic heterocycles. The molecule has 20 heavy (non-hydrogen) atoms. The fourth-order valence-corrected chi connectivity index (χ4v) is 2.77. The van der Waals surface area contributed by atoms with Crippen LogP contribution in [0.15, 0.2) is 0 Å². The van der Waals surface area contributed by atoms with Crippen molar-refractivity contribution in [2.45, 2.75) is 64.1 Å². The summed E-state index contributed by atoms with van der Waals surface area (Å²) in [5.74, 6) is 1.84. The minimum atomic E-state index is 0.0416. The number of amides is 1. The molecule has 1 saturated heterocycles. The summed E-state index contributed by atoms with van der Waals surface area (Å²) in [6, 6.07) is 0.540. The molecule has 1 aromatic rings. The first-order chi connectivity index (χ1) is 9.74. The highest BCUT2D eigenvalue weighted by molar-refractivity contribution is 5.76. The first kappa shape index (κ1) is 13.5. The number of ether oxygens (including phenoxy) is 1. The quantitative estimate of drug-likeness (QED) is 0.886. The second-order valence-corrected chi connectivity index (χ2v) is 5.73. The van der Waals surface area contributed by atoms with Crippen LogP contribution in [0.5, 0.6) is 0 Å². The molecule has 2 heterocycles. The lowest BCUT2D eigenvalue weighted by Gasteiger charge is -2.21. The lowest BCUT2D eigenvalue weighted by atomic mass is 10.1. The highest BCUT2D eigenvalue weighted by Crippen LogP contribution is 2.36. The molecule has 1 saturated carbocycles. The predicted octanol–water partition coefficient (Wildman–Crippen LogP) is 1.50. The molecule has 1 N–H and O–H groups in total. The van der Waals surface area contributed by atoms with Gasteiger partial charge in [0.1, 0.15) is 5.82 Å². The van der Waals surface area contributed by atoms with Gasteiger partial charge in [-0.2, -0.15) is 0 Å². The highest BCUT2D eigenvalue weighted by atomic mass is 16.5. The predicted molar refractivity (Wildman–Crippen MR) is 73.1 cm³/mol. The Bertz CT molecular complexity index is 476. The van der Waals surface area contributed by atoms with E-state index in [4.69, 9.17) is 4.74 Å². The molecule has 2 fully saturated rings. The van der Waals surface area contributed by atoms with E-state index in [1.54, 1.807) is 0 Å². The van der Waals surface area contributed by atoms with Gasteiger partial charge in [0.15, 0.2) is 5.82 Å². The molecule has 1 aliphatic heterocycles. The van der Waals surface area contributed by atoms with Crippen LogP contribution in [0.25, 0.3) is 0 Å². The monoisotopic (exact) mass is 278 g/mol. The number of nitrogens with one attached hydrogen (secondary N) is 1. The van der Waals surface area contributed by atoms with Gasteiger partial charge in [0.05, 0.1) is 19.1 Å². The summed E-state index contributed by atoms with van der Waals surface area (Å²) >= 11 is 0. The molecule has 110 valence electrons. The normalized spacial score (nSPS) is 22.8. The van der Waals surface area contributed by atoms with Crippen LogP contribution >= 0.6 is 0 Å². The smallest absolute Gasteiger partial charge is 0.222 e. The van der Waals surface area contributed by atoms with Crippen molar-refractivity contribution in [3.63, 3.8) is 0 Å². The number of carbonyl (C=O) groups is 1. The summed E-state index contributed by atoms with van der Waals surface area (Å²) in [7, 11) is 0. The van der Waals surface area contributed by atoms with E-state index in [9.17, 15) is 4.79 Å². The van der Waals surface area contributed by atoms with Crippen LogP contribution in [0.3, 0.4) is 0 Å². The van der Waals surface area contributed by atoms with Gasteiger partial charge in [0, 0.05) is 12.6 Å². The van der Waals surface area contributed by atoms with E-state index in [0.29, 0.717) is 19.0 Å². The minimum Gasteiger partial charge on any atom is -0.378 e. The van der Waals surface area contributed by atoms with Crippen molar-refractivity contribution < 1.29 is 9.53 Å². The van der Waals surface area contributed by atoms with E-state index in [2.05, 4.69) is 20.1 Å². The van der Waals surface area contributed by atoms with E-state index < -0.39 is 0 Å². The van der Waals surface area contributed by atoms with E-state index >= 15 is 0 Å². The van der Waals surface area contributed by atoms with Gasteiger partial charge in [0.25, 0.3) is 0 Å². The molecule has 0 bridgehead atoms. The van der Waals surface area contributed by atoms with Gasteiger partial charge in [-0.15, -0.1) is 10.2 Å². The van der Waals surface area contributed by atoms with Crippen molar-refractivity contribution in [3.8, 4) is 0 Å². The molecule has 1 aliphatic carbocycles. The topological polar surface area (TPSA) is 69.0 Å². The average Bonchev–Trinajstić information content (AvgIpc) is 3.21. The van der Waals surface area contributed by atoms with Crippen molar-refractivity contribution in [3.05, 3.63) is 11.6 Å². The maximum Gasteiger partial charge on any atom is 0.222 e. The fourth-order valence-electron chi connectivity index (χ4n) is 2.77. The molecule has 1 unspecified atom stereocenters. The molecular weight excluding hydrogens is 256 g/mol. The van der Waals surface area contributed by atoms with Gasteiger partial charge in [-0.05, 0) is 39.0 Å². The third-order valence-electron chi connectivity index (χ3n) is 3.98. The van der Waals surface area contributed by atoms with E-state index in [1.807, 2.05) is 6.92 Å². The first-order valence-corrected chi connectivity index (χ1v) is 7.52. The van der Waals surface area contributed by atoms with E-state index in [1.165, 1.54) is 12.8 Å². The highest BCUT2D eigenvalue weighted by Gasteiger charge is 2.28. The summed E-state index contributed by atoms with van der Waals surface area (Å²) in [5, 5.41) is 11.2. The molecule has 0 aromatic carbocycles. The number of nitrogens with zero attached hydrogens (tertiary/aromatic N) is 3. The van der Waals surface area contributed by atoms with Gasteiger partial charge < -0.3 is 14.6 Å². The van der Waals surface area contributed by atoms with Gasteiger partial charge in [-0.3, -0.25) is 4.79 Å². The maximum atomic E-state index is 11.9. The van der Waals surface area contributed by atoms with Crippen LogP contribution in [0.2, 0.25) is 0 Å². The first-order valence-electron chi connectivity index (χ1n) is 7.52. The zero-order valence-corrected chi connectivity index (χ0v) is 12.0. The summed E-state index contributed by atoms with van der Waals surface area (Å²) in [5.41, 5.74) is 0. The number of hydrogen-bond acceptors (Lipinski definition) is 4. The Kier molecular flexibility index (Phi) is 4.00. The SMILES string of the molecule is Cc1nnc(CNC(=O)CC2CCCCO2)n1C1CC1. The molecule has 3 rings (SSSR count). The van der Waals surface area contributed by atoms with E-state index in [0.717, 1.165) is 37.5 Å². The van der Waals surface area contributed by atoms with Gasteiger partial charge in [-0.1, -0.05) is 0 Å². The third kappa shape index (κ3) is 3.17. The molecule has 1 amide bonds. The van der Waals surface area contributed by atoms with Crippen molar-refractivity contribution in [1.29, 1.82) is 0 Å². The van der Waals surface area contributed by atoms with Crippen LogP contribution in [0.1, 0.15) is 56.2 Å². The second kappa shape index (κ2) is 5.91. The van der Waals surface area contributed by atoms with Crippen molar-refractivity contribution >= 4 is 5.91 Å². The van der Waals surface area contributed by atoms with Crippen LogP contribution in [-0.2, 0) is 16.1 Å². The average molecular weight is 278 g/mol. The van der Waals surface area contributed by atoms with Crippen LogP contribution < -0.4 is 5.32 Å². The van der Waals surface area contributed by atoms with Gasteiger partial charge >= 0.3 is 0 Å². The zero-order chi connectivity index (χ0) is 13.9. The third-order valence-corrected chi connectivity index (χ3v) is 3.98. The number of carbonyl (C=O) groups excluding carboxylic acids is 1. The Morgan fingerprint density at radius 3 is 2.90 bits per heavy atom. The summed E-state index contributed by atoms with van der Waals surface area (Å²) in [4.78, 5) is 11.9. The molecule has 0 radical (unpaired) electrons. The Morgan fingerprint density at radius 1 is 1.35 bits per heavy atom. The largest absolute Gasteiger partial charge is 0.378 e. The number of aryl methyl sites for hydroxylation is 1. The maximum absolute atomic E-state index is 11.9. The van der Waals surface area contributed by atoms with Crippen molar-refractivity contribution in [1.82, 2.24) is 20.1 Å². The van der Waals surface area contributed by atoms with Gasteiger partial charge in [-0.25, -0.2) is 0 Å². The number of aromatic nitrogens is 3. The summed E-state index contributed by atoms with van der Waals surface area (Å²) < 4.78 is 7.73. The van der Waals surface area contributed by atoms with Crippen molar-refractivity contribution in [2.75, 3.05) is 6.61 Å². The Hall–Kier alpha value is -1.43. The van der Waals surface area contributed by atoms with Crippen LogP contribution in [-0.4, -0.2) is 33.4 Å². The lowest BCUT2D eigenvalue weighted by molar-refractivity contribution is -0.125. The fraction of sp³-hybridized carbons (Fsp3) is 0.786. The Labute approximate surface area is 118 Å². The second-order valence-electron chi connectivity index (χ2n) is 5.73. The van der Waals surface area contributed by atoms with Crippen LogP contribution in [0, 0.1) is 6.92 Å². The molecule has 0 spiro atoms. The Balaban J connectivity index is 1.50. The summed E-state index contributed by atoms with van der Waals surface area (Å²) in [6.45, 7) is 3.21. The van der Waals surface area contributed by atoms with Crippen LogP contribution in [0.4, 0.5) is 0 Å². The molecule has 6 nitrogen and oxygen atoms in total. The van der Waals surface area contributed by atoms with Crippen molar-refractivity contribution in [2.24, 2.45) is 0 Å². The lowest BCUT2D eigenvalue weighted by Crippen LogP contribution is -2.30. The summed E-state index contributed by atoms with van der Waals surface area (Å²) in [6.07, 6.45) is 6.19. The number of hydrogen-bond donors (Lipinski definition) is 1. The van der Waals surface area contributed by atoms with E-state index in [-0.39, 0.29) is 12.0 Å². The Morgan fingerprint density at radius 2 is 2.20 bits per heavy atom. The zero-order valence-electron chi connectivity index (χ0n) is 12.0. The minimum absolute atomic E-state index is 0.0416. The standard InChI is InChI=1S/C14H22N4O2/c1-10-16-17-13(18(10)11-5-6-11)9-15-14(19)8-12-4-2-3-7-20-12/h11-12H,2-9H2,1H3,(H,15,19). The molecule has 2 aliphatic rings. The molecule has 1 atom stereocenters. The molecule has 6 heteroatoms. The number of rotatable bonds is 5. The molecular formula is C14H22N4O2.